The minimum Gasteiger partial charge on any atom is -0.303 e. The van der Waals surface area contributed by atoms with E-state index < -0.39 is 0 Å². The molecule has 3 nitrogen and oxygen atoms in total. The summed E-state index contributed by atoms with van der Waals surface area (Å²) in [5.74, 6) is 1.65. The van der Waals surface area contributed by atoms with Crippen LogP contribution in [0.25, 0.3) is 5.52 Å². The van der Waals surface area contributed by atoms with Gasteiger partial charge in [0.05, 0.1) is 11.2 Å². The van der Waals surface area contributed by atoms with Crippen molar-refractivity contribution in [3.05, 3.63) is 35.4 Å². The van der Waals surface area contributed by atoms with Gasteiger partial charge < -0.3 is 4.40 Å². The van der Waals surface area contributed by atoms with E-state index in [4.69, 9.17) is 0 Å². The molecule has 0 amide bonds. The van der Waals surface area contributed by atoms with Gasteiger partial charge in [-0.1, -0.05) is 13.8 Å². The van der Waals surface area contributed by atoms with E-state index in [2.05, 4.69) is 23.2 Å². The van der Waals surface area contributed by atoms with Crippen molar-refractivity contribution in [2.24, 2.45) is 5.92 Å². The van der Waals surface area contributed by atoms with E-state index in [1.165, 1.54) is 0 Å². The third kappa shape index (κ3) is 1.85. The maximum absolute atomic E-state index is 10.7. The predicted molar refractivity (Wildman–Crippen MR) is 63.9 cm³/mol. The van der Waals surface area contributed by atoms with Gasteiger partial charge in [0, 0.05) is 18.2 Å². The molecule has 0 atom stereocenters. The molecule has 0 aliphatic rings. The minimum atomic E-state index is 0.579. The Kier molecular flexibility index (Phi) is 2.77. The molecule has 0 aromatic carbocycles. The quantitative estimate of drug-likeness (QED) is 0.739. The molecule has 2 aromatic heterocycles. The van der Waals surface area contributed by atoms with E-state index in [0.29, 0.717) is 11.5 Å². The topological polar surface area (TPSA) is 34.4 Å². The molecule has 3 heteroatoms. The Morgan fingerprint density at radius 3 is 2.88 bits per heavy atom. The largest absolute Gasteiger partial charge is 0.303 e. The van der Waals surface area contributed by atoms with Gasteiger partial charge in [-0.3, -0.25) is 4.79 Å². The number of imidazole rings is 1. The van der Waals surface area contributed by atoms with Gasteiger partial charge >= 0.3 is 0 Å². The standard InChI is InChI=1S/C13H16N2O/c1-9(2)6-13-14-10(3)12-7-11(8-16)4-5-15(12)13/h4-5,7-9H,6H2,1-3H3. The van der Waals surface area contributed by atoms with Gasteiger partial charge in [0.15, 0.2) is 0 Å². The number of aldehydes is 1. The Bertz CT molecular complexity index is 526. The Balaban J connectivity index is 2.57. The highest BCUT2D eigenvalue weighted by Crippen LogP contribution is 2.16. The Labute approximate surface area is 95.1 Å². The van der Waals surface area contributed by atoms with Crippen molar-refractivity contribution in [2.75, 3.05) is 0 Å². The van der Waals surface area contributed by atoms with Crippen molar-refractivity contribution in [1.29, 1.82) is 0 Å². The first-order valence-corrected chi connectivity index (χ1v) is 5.54. The van der Waals surface area contributed by atoms with E-state index in [9.17, 15) is 4.79 Å². The molecule has 2 heterocycles. The van der Waals surface area contributed by atoms with Crippen LogP contribution in [0.15, 0.2) is 18.3 Å². The van der Waals surface area contributed by atoms with Gasteiger partial charge in [-0.05, 0) is 25.0 Å². The van der Waals surface area contributed by atoms with Crippen molar-refractivity contribution in [3.63, 3.8) is 0 Å². The van der Waals surface area contributed by atoms with Crippen LogP contribution in [0.5, 0.6) is 0 Å². The lowest BCUT2D eigenvalue weighted by molar-refractivity contribution is 0.112. The zero-order valence-corrected chi connectivity index (χ0v) is 9.90. The van der Waals surface area contributed by atoms with Crippen molar-refractivity contribution in [1.82, 2.24) is 9.38 Å². The number of pyridine rings is 1. The first kappa shape index (κ1) is 10.9. The molecule has 0 aliphatic carbocycles. The normalized spacial score (nSPS) is 11.2. The minimum absolute atomic E-state index is 0.579. The Hall–Kier alpha value is -1.64. The van der Waals surface area contributed by atoms with Crippen LogP contribution in [0, 0.1) is 12.8 Å². The molecular formula is C13H16N2O. The lowest BCUT2D eigenvalue weighted by atomic mass is 10.1. The molecule has 0 N–H and O–H groups in total. The highest BCUT2D eigenvalue weighted by atomic mass is 16.1. The molecule has 0 unspecified atom stereocenters. The van der Waals surface area contributed by atoms with E-state index in [1.807, 2.05) is 25.3 Å². The van der Waals surface area contributed by atoms with Crippen molar-refractivity contribution in [2.45, 2.75) is 27.2 Å². The van der Waals surface area contributed by atoms with Crippen molar-refractivity contribution < 1.29 is 4.79 Å². The van der Waals surface area contributed by atoms with Gasteiger partial charge in [-0.25, -0.2) is 4.98 Å². The lowest BCUT2D eigenvalue weighted by Crippen LogP contribution is -2.00. The molecule has 2 aromatic rings. The number of carbonyl (C=O) groups excluding carboxylic acids is 1. The van der Waals surface area contributed by atoms with Crippen molar-refractivity contribution in [3.8, 4) is 0 Å². The second-order valence-electron chi connectivity index (χ2n) is 4.54. The summed E-state index contributed by atoms with van der Waals surface area (Å²) in [6.07, 6.45) is 3.75. The maximum Gasteiger partial charge on any atom is 0.150 e. The summed E-state index contributed by atoms with van der Waals surface area (Å²) < 4.78 is 2.07. The maximum atomic E-state index is 10.7. The summed E-state index contributed by atoms with van der Waals surface area (Å²) in [7, 11) is 0. The van der Waals surface area contributed by atoms with Gasteiger partial charge in [-0.2, -0.15) is 0 Å². The molecule has 0 saturated carbocycles. The summed E-state index contributed by atoms with van der Waals surface area (Å²) in [5.41, 5.74) is 2.71. The van der Waals surface area contributed by atoms with Gasteiger partial charge in [0.25, 0.3) is 0 Å². The monoisotopic (exact) mass is 216 g/mol. The molecule has 0 bridgehead atoms. The van der Waals surface area contributed by atoms with Crippen LogP contribution in [0.3, 0.4) is 0 Å². The van der Waals surface area contributed by atoms with E-state index >= 15 is 0 Å². The number of hydrogen-bond acceptors (Lipinski definition) is 2. The second-order valence-corrected chi connectivity index (χ2v) is 4.54. The number of carbonyl (C=O) groups is 1. The molecule has 0 radical (unpaired) electrons. The predicted octanol–water partition coefficient (Wildman–Crippen LogP) is 2.65. The number of nitrogens with zero attached hydrogens (tertiary/aromatic N) is 2. The van der Waals surface area contributed by atoms with Gasteiger partial charge in [0.1, 0.15) is 12.1 Å². The zero-order chi connectivity index (χ0) is 11.7. The average Bonchev–Trinajstić information content (AvgIpc) is 2.54. The average molecular weight is 216 g/mol. The fourth-order valence-corrected chi connectivity index (χ4v) is 1.91. The van der Waals surface area contributed by atoms with Crippen LogP contribution < -0.4 is 0 Å². The molecule has 0 aliphatic heterocycles. The SMILES string of the molecule is Cc1nc(CC(C)C)n2ccc(C=O)cc12. The van der Waals surface area contributed by atoms with Crippen LogP contribution in [0.1, 0.15) is 35.7 Å². The second kappa shape index (κ2) is 4.08. The fourth-order valence-electron chi connectivity index (χ4n) is 1.91. The summed E-state index contributed by atoms with van der Waals surface area (Å²) in [5, 5.41) is 0. The van der Waals surface area contributed by atoms with Gasteiger partial charge in [0.2, 0.25) is 0 Å². The zero-order valence-electron chi connectivity index (χ0n) is 9.90. The highest BCUT2D eigenvalue weighted by molar-refractivity contribution is 5.77. The van der Waals surface area contributed by atoms with Crippen LogP contribution in [0.2, 0.25) is 0 Å². The summed E-state index contributed by atoms with van der Waals surface area (Å²) in [6.45, 7) is 6.33. The summed E-state index contributed by atoms with van der Waals surface area (Å²) in [4.78, 5) is 15.3. The number of aromatic nitrogens is 2. The van der Waals surface area contributed by atoms with E-state index in [0.717, 1.165) is 29.7 Å². The molecule has 0 fully saturated rings. The molecule has 2 rings (SSSR count). The molecular weight excluding hydrogens is 200 g/mol. The number of fused-ring (bicyclic) bond motifs is 1. The van der Waals surface area contributed by atoms with Crippen LogP contribution in [0.4, 0.5) is 0 Å². The van der Waals surface area contributed by atoms with Crippen LogP contribution >= 0.6 is 0 Å². The van der Waals surface area contributed by atoms with E-state index in [1.54, 1.807) is 0 Å². The molecule has 0 saturated heterocycles. The fraction of sp³-hybridized carbons (Fsp3) is 0.385. The molecule has 16 heavy (non-hydrogen) atoms. The summed E-state index contributed by atoms with van der Waals surface area (Å²) >= 11 is 0. The first-order valence-electron chi connectivity index (χ1n) is 5.54. The molecule has 84 valence electrons. The number of rotatable bonds is 3. The third-order valence-corrected chi connectivity index (χ3v) is 2.65. The van der Waals surface area contributed by atoms with Crippen molar-refractivity contribution >= 4 is 11.8 Å². The lowest BCUT2D eigenvalue weighted by Gasteiger charge is -2.03. The smallest absolute Gasteiger partial charge is 0.150 e. The van der Waals surface area contributed by atoms with E-state index in [-0.39, 0.29) is 0 Å². The Morgan fingerprint density at radius 2 is 2.25 bits per heavy atom. The first-order chi connectivity index (χ1) is 7.61. The highest BCUT2D eigenvalue weighted by Gasteiger charge is 2.09. The summed E-state index contributed by atoms with van der Waals surface area (Å²) in [6, 6.07) is 3.71. The van der Waals surface area contributed by atoms with Crippen LogP contribution in [-0.2, 0) is 6.42 Å². The van der Waals surface area contributed by atoms with Crippen LogP contribution in [-0.4, -0.2) is 15.7 Å². The Morgan fingerprint density at radius 1 is 1.50 bits per heavy atom. The molecule has 0 spiro atoms. The van der Waals surface area contributed by atoms with Gasteiger partial charge in [-0.15, -0.1) is 0 Å². The number of hydrogen-bond donors (Lipinski definition) is 0. The number of aryl methyl sites for hydroxylation is 1. The third-order valence-electron chi connectivity index (χ3n) is 2.65.